The number of carbonyl (C=O) groups is 1. The molecule has 1 atom stereocenters. The Kier molecular flexibility index (Phi) is 1.66. The maximum atomic E-state index is 10.9. The van der Waals surface area contributed by atoms with Gasteiger partial charge in [-0.15, -0.1) is 0 Å². The summed E-state index contributed by atoms with van der Waals surface area (Å²) >= 11 is 0. The molecule has 3 heteroatoms. The molecule has 0 bridgehead atoms. The first kappa shape index (κ1) is 6.85. The van der Waals surface area contributed by atoms with Gasteiger partial charge in [0.1, 0.15) is 0 Å². The molecule has 1 saturated heterocycles. The van der Waals surface area contributed by atoms with Crippen LogP contribution in [0.4, 0.5) is 0 Å². The SMILES string of the molecule is O=C1CC2/C=C\CCCON12. The van der Waals surface area contributed by atoms with E-state index < -0.39 is 0 Å². The van der Waals surface area contributed by atoms with Crippen molar-refractivity contribution in [2.75, 3.05) is 6.61 Å². The third-order valence-corrected chi connectivity index (χ3v) is 2.03. The first-order valence-electron chi connectivity index (χ1n) is 3.99. The van der Waals surface area contributed by atoms with Crippen molar-refractivity contribution in [3.8, 4) is 0 Å². The van der Waals surface area contributed by atoms with E-state index in [9.17, 15) is 4.79 Å². The molecule has 0 radical (unpaired) electrons. The van der Waals surface area contributed by atoms with Gasteiger partial charge in [0.25, 0.3) is 0 Å². The first-order valence-corrected chi connectivity index (χ1v) is 3.99. The fourth-order valence-corrected chi connectivity index (χ4v) is 1.36. The van der Waals surface area contributed by atoms with Crippen molar-refractivity contribution >= 4 is 5.91 Å². The van der Waals surface area contributed by atoms with Crippen molar-refractivity contribution in [1.82, 2.24) is 5.06 Å². The van der Waals surface area contributed by atoms with Crippen LogP contribution in [-0.4, -0.2) is 23.6 Å². The number of fused-ring (bicyclic) bond motifs is 1. The quantitative estimate of drug-likeness (QED) is 0.381. The van der Waals surface area contributed by atoms with Crippen LogP contribution >= 0.6 is 0 Å². The zero-order chi connectivity index (χ0) is 7.68. The van der Waals surface area contributed by atoms with Crippen molar-refractivity contribution in [2.45, 2.75) is 25.3 Å². The molecule has 1 unspecified atom stereocenters. The summed E-state index contributed by atoms with van der Waals surface area (Å²) in [5.41, 5.74) is 0. The number of nitrogens with zero attached hydrogens (tertiary/aromatic N) is 1. The van der Waals surface area contributed by atoms with Crippen LogP contribution in [0.2, 0.25) is 0 Å². The summed E-state index contributed by atoms with van der Waals surface area (Å²) in [4.78, 5) is 16.1. The molecule has 0 aromatic carbocycles. The Morgan fingerprint density at radius 2 is 2.55 bits per heavy atom. The van der Waals surface area contributed by atoms with Gasteiger partial charge in [-0.25, -0.2) is 5.06 Å². The van der Waals surface area contributed by atoms with Crippen LogP contribution in [0.15, 0.2) is 12.2 Å². The lowest BCUT2D eigenvalue weighted by Gasteiger charge is -2.37. The predicted octanol–water partition coefficient (Wildman–Crippen LogP) is 0.869. The van der Waals surface area contributed by atoms with E-state index in [0.717, 1.165) is 12.8 Å². The van der Waals surface area contributed by atoms with Gasteiger partial charge >= 0.3 is 0 Å². The van der Waals surface area contributed by atoms with Gasteiger partial charge in [-0.05, 0) is 12.8 Å². The molecule has 0 aromatic heterocycles. The highest BCUT2D eigenvalue weighted by Gasteiger charge is 2.35. The lowest BCUT2D eigenvalue weighted by molar-refractivity contribution is -0.221. The van der Waals surface area contributed by atoms with Gasteiger partial charge in [0.2, 0.25) is 5.91 Å². The highest BCUT2D eigenvalue weighted by Crippen LogP contribution is 2.22. The lowest BCUT2D eigenvalue weighted by Crippen LogP contribution is -2.51. The molecule has 11 heavy (non-hydrogen) atoms. The predicted molar refractivity (Wildman–Crippen MR) is 39.6 cm³/mol. The molecule has 2 rings (SSSR count). The molecule has 1 amide bonds. The second kappa shape index (κ2) is 2.66. The average Bonchev–Trinajstić information content (AvgIpc) is 1.96. The van der Waals surface area contributed by atoms with Gasteiger partial charge in [-0.1, -0.05) is 12.2 Å². The Hall–Kier alpha value is -0.830. The van der Waals surface area contributed by atoms with Crippen molar-refractivity contribution < 1.29 is 9.63 Å². The normalized spacial score (nSPS) is 33.3. The number of hydrogen-bond acceptors (Lipinski definition) is 2. The molecule has 0 N–H and O–H groups in total. The van der Waals surface area contributed by atoms with E-state index in [-0.39, 0.29) is 11.9 Å². The van der Waals surface area contributed by atoms with Gasteiger partial charge in [0.15, 0.2) is 0 Å². The van der Waals surface area contributed by atoms with Crippen molar-refractivity contribution in [3.05, 3.63) is 12.2 Å². The van der Waals surface area contributed by atoms with Crippen molar-refractivity contribution in [2.24, 2.45) is 0 Å². The van der Waals surface area contributed by atoms with Crippen molar-refractivity contribution in [3.63, 3.8) is 0 Å². The van der Waals surface area contributed by atoms with E-state index in [1.54, 1.807) is 0 Å². The highest BCUT2D eigenvalue weighted by molar-refractivity contribution is 5.82. The van der Waals surface area contributed by atoms with E-state index in [4.69, 9.17) is 4.84 Å². The maximum Gasteiger partial charge on any atom is 0.249 e. The summed E-state index contributed by atoms with van der Waals surface area (Å²) < 4.78 is 0. The summed E-state index contributed by atoms with van der Waals surface area (Å²) in [5, 5.41) is 1.48. The van der Waals surface area contributed by atoms with Crippen LogP contribution in [0.25, 0.3) is 0 Å². The van der Waals surface area contributed by atoms with Crippen LogP contribution in [-0.2, 0) is 9.63 Å². The maximum absolute atomic E-state index is 10.9. The average molecular weight is 153 g/mol. The number of hydrogen-bond donors (Lipinski definition) is 0. The highest BCUT2D eigenvalue weighted by atomic mass is 16.7. The minimum atomic E-state index is 0.113. The number of rotatable bonds is 0. The zero-order valence-corrected chi connectivity index (χ0v) is 6.32. The Morgan fingerprint density at radius 3 is 3.36 bits per heavy atom. The monoisotopic (exact) mass is 153 g/mol. The van der Waals surface area contributed by atoms with E-state index in [0.29, 0.717) is 13.0 Å². The molecule has 1 fully saturated rings. The fraction of sp³-hybridized carbons (Fsp3) is 0.625. The minimum absolute atomic E-state index is 0.113. The van der Waals surface area contributed by atoms with Crippen LogP contribution in [0.5, 0.6) is 0 Å². The number of amides is 1. The van der Waals surface area contributed by atoms with Gasteiger partial charge in [0.05, 0.1) is 19.1 Å². The standard InChI is InChI=1S/C8H11NO2/c10-8-6-7-4-2-1-3-5-11-9(7)8/h2,4,7H,1,3,5-6H2/b4-2-. The summed E-state index contributed by atoms with van der Waals surface area (Å²) in [6.45, 7) is 0.673. The second-order valence-electron chi connectivity index (χ2n) is 2.89. The van der Waals surface area contributed by atoms with Crippen LogP contribution < -0.4 is 0 Å². The van der Waals surface area contributed by atoms with E-state index in [1.807, 2.05) is 0 Å². The summed E-state index contributed by atoms with van der Waals surface area (Å²) in [5.74, 6) is 0.113. The molecule has 0 aliphatic carbocycles. The number of allylic oxidation sites excluding steroid dienone is 1. The number of hydroxylamine groups is 2. The second-order valence-corrected chi connectivity index (χ2v) is 2.89. The Labute approximate surface area is 65.6 Å². The molecular formula is C8H11NO2. The largest absolute Gasteiger partial charge is 0.272 e. The summed E-state index contributed by atoms with van der Waals surface area (Å²) in [7, 11) is 0. The van der Waals surface area contributed by atoms with E-state index >= 15 is 0 Å². The van der Waals surface area contributed by atoms with Gasteiger partial charge < -0.3 is 0 Å². The Morgan fingerprint density at radius 1 is 1.64 bits per heavy atom. The zero-order valence-electron chi connectivity index (χ0n) is 6.32. The van der Waals surface area contributed by atoms with E-state index in [2.05, 4.69) is 12.2 Å². The van der Waals surface area contributed by atoms with Gasteiger partial charge in [0, 0.05) is 0 Å². The molecule has 2 heterocycles. The lowest BCUT2D eigenvalue weighted by atomic mass is 10.0. The number of carbonyl (C=O) groups excluding carboxylic acids is 1. The molecule has 0 aromatic rings. The topological polar surface area (TPSA) is 29.5 Å². The Bertz CT molecular complexity index is 200. The van der Waals surface area contributed by atoms with Gasteiger partial charge in [-0.3, -0.25) is 9.63 Å². The molecule has 0 spiro atoms. The summed E-state index contributed by atoms with van der Waals surface area (Å²) in [6, 6.07) is 0.225. The van der Waals surface area contributed by atoms with E-state index in [1.165, 1.54) is 5.06 Å². The van der Waals surface area contributed by atoms with Crippen molar-refractivity contribution in [1.29, 1.82) is 0 Å². The molecule has 3 nitrogen and oxygen atoms in total. The number of β-lactam (4-membered cyclic amide) rings is 1. The molecular weight excluding hydrogens is 142 g/mol. The first-order chi connectivity index (χ1) is 5.38. The van der Waals surface area contributed by atoms with Gasteiger partial charge in [-0.2, -0.15) is 0 Å². The Balaban J connectivity index is 2.04. The molecule has 0 saturated carbocycles. The third-order valence-electron chi connectivity index (χ3n) is 2.03. The smallest absolute Gasteiger partial charge is 0.249 e. The molecule has 2 aliphatic rings. The third kappa shape index (κ3) is 1.16. The van der Waals surface area contributed by atoms with Crippen LogP contribution in [0.1, 0.15) is 19.3 Å². The summed E-state index contributed by atoms with van der Waals surface area (Å²) in [6.07, 6.45) is 6.88. The fourth-order valence-electron chi connectivity index (χ4n) is 1.36. The molecule has 60 valence electrons. The minimum Gasteiger partial charge on any atom is -0.272 e. The van der Waals surface area contributed by atoms with Crippen LogP contribution in [0, 0.1) is 0 Å². The van der Waals surface area contributed by atoms with Crippen LogP contribution in [0.3, 0.4) is 0 Å². The molecule has 2 aliphatic heterocycles.